The first-order valence-electron chi connectivity index (χ1n) is 8.57. The smallest absolute Gasteiger partial charge is 0.0642 e. The van der Waals surface area contributed by atoms with Crippen LogP contribution in [0.1, 0.15) is 29.5 Å². The number of anilines is 1. The van der Waals surface area contributed by atoms with E-state index in [4.69, 9.17) is 4.74 Å². The Morgan fingerprint density at radius 3 is 2.36 bits per heavy atom. The Morgan fingerprint density at radius 1 is 1.09 bits per heavy atom. The van der Waals surface area contributed by atoms with Crippen LogP contribution in [0.3, 0.4) is 0 Å². The van der Waals surface area contributed by atoms with Crippen LogP contribution >= 0.6 is 0 Å². The second-order valence-corrected chi connectivity index (χ2v) is 6.54. The number of nitrogens with zero attached hydrogens (tertiary/aromatic N) is 1. The van der Waals surface area contributed by atoms with Crippen molar-refractivity contribution in [3.05, 3.63) is 34.9 Å². The quantitative estimate of drug-likeness (QED) is 0.928. The van der Waals surface area contributed by atoms with Gasteiger partial charge in [-0.05, 0) is 74.5 Å². The Morgan fingerprint density at radius 2 is 1.73 bits per heavy atom. The van der Waals surface area contributed by atoms with Gasteiger partial charge in [0.2, 0.25) is 0 Å². The Balaban J connectivity index is 1.75. The molecule has 1 aromatic rings. The molecular formula is C19H28N2O. The molecule has 0 unspecified atom stereocenters. The predicted molar refractivity (Wildman–Crippen MR) is 93.6 cm³/mol. The van der Waals surface area contributed by atoms with Gasteiger partial charge in [0.25, 0.3) is 0 Å². The highest BCUT2D eigenvalue weighted by atomic mass is 16.5. The van der Waals surface area contributed by atoms with E-state index in [1.807, 2.05) is 0 Å². The van der Waals surface area contributed by atoms with Gasteiger partial charge in [-0.15, -0.1) is 0 Å². The van der Waals surface area contributed by atoms with E-state index in [0.29, 0.717) is 0 Å². The second-order valence-electron chi connectivity index (χ2n) is 6.54. The van der Waals surface area contributed by atoms with Crippen molar-refractivity contribution in [2.24, 2.45) is 5.92 Å². The lowest BCUT2D eigenvalue weighted by Gasteiger charge is -2.29. The zero-order valence-corrected chi connectivity index (χ0v) is 13.9. The SMILES string of the molecule is Cc1cc(N2CCOCC2)cc(C)c1C=CC1CCNCC1. The molecule has 1 N–H and O–H groups in total. The summed E-state index contributed by atoms with van der Waals surface area (Å²) in [7, 11) is 0. The lowest BCUT2D eigenvalue weighted by Crippen LogP contribution is -2.36. The predicted octanol–water partition coefficient (Wildman–Crippen LogP) is 3.15. The molecule has 2 saturated heterocycles. The van der Waals surface area contributed by atoms with Crippen LogP contribution in [0.5, 0.6) is 0 Å². The van der Waals surface area contributed by atoms with Gasteiger partial charge in [0.05, 0.1) is 13.2 Å². The summed E-state index contributed by atoms with van der Waals surface area (Å²) in [5, 5.41) is 3.43. The van der Waals surface area contributed by atoms with Gasteiger partial charge in [0, 0.05) is 18.8 Å². The zero-order valence-electron chi connectivity index (χ0n) is 13.9. The third kappa shape index (κ3) is 3.71. The standard InChI is InChI=1S/C19H28N2O/c1-15-13-18(21-9-11-22-12-10-21)14-16(2)19(15)4-3-17-5-7-20-8-6-17/h3-4,13-14,17,20H,5-12H2,1-2H3. The molecule has 2 fully saturated rings. The average molecular weight is 300 g/mol. The van der Waals surface area contributed by atoms with E-state index in [2.05, 4.69) is 48.3 Å². The highest BCUT2D eigenvalue weighted by molar-refractivity contribution is 5.64. The number of piperidine rings is 1. The maximum absolute atomic E-state index is 5.45. The lowest BCUT2D eigenvalue weighted by atomic mass is 9.94. The Bertz CT molecular complexity index is 503. The van der Waals surface area contributed by atoms with Gasteiger partial charge < -0.3 is 15.0 Å². The number of rotatable bonds is 3. The molecule has 0 aromatic heterocycles. The topological polar surface area (TPSA) is 24.5 Å². The third-order valence-corrected chi connectivity index (χ3v) is 4.87. The lowest BCUT2D eigenvalue weighted by molar-refractivity contribution is 0.122. The summed E-state index contributed by atoms with van der Waals surface area (Å²) in [6.45, 7) is 10.5. The van der Waals surface area contributed by atoms with Crippen LogP contribution in [0.15, 0.2) is 18.2 Å². The maximum Gasteiger partial charge on any atom is 0.0642 e. The monoisotopic (exact) mass is 300 g/mol. The highest BCUT2D eigenvalue weighted by Crippen LogP contribution is 2.26. The maximum atomic E-state index is 5.45. The first-order valence-corrected chi connectivity index (χ1v) is 8.57. The van der Waals surface area contributed by atoms with Crippen molar-refractivity contribution in [3.63, 3.8) is 0 Å². The largest absolute Gasteiger partial charge is 0.378 e. The Hall–Kier alpha value is -1.32. The van der Waals surface area contributed by atoms with Crippen LogP contribution in [-0.2, 0) is 4.74 Å². The average Bonchev–Trinajstić information content (AvgIpc) is 2.56. The zero-order chi connectivity index (χ0) is 15.4. The molecule has 22 heavy (non-hydrogen) atoms. The van der Waals surface area contributed by atoms with Crippen molar-refractivity contribution in [1.29, 1.82) is 0 Å². The van der Waals surface area contributed by atoms with Crippen molar-refractivity contribution in [2.45, 2.75) is 26.7 Å². The first kappa shape index (κ1) is 15.6. The fourth-order valence-electron chi connectivity index (χ4n) is 3.49. The van der Waals surface area contributed by atoms with Crippen molar-refractivity contribution in [3.8, 4) is 0 Å². The molecule has 2 aliphatic heterocycles. The van der Waals surface area contributed by atoms with Gasteiger partial charge in [-0.25, -0.2) is 0 Å². The third-order valence-electron chi connectivity index (χ3n) is 4.87. The summed E-state index contributed by atoms with van der Waals surface area (Å²) in [5.74, 6) is 0.735. The van der Waals surface area contributed by atoms with Crippen LogP contribution < -0.4 is 10.2 Å². The molecule has 0 bridgehead atoms. The summed E-state index contributed by atoms with van der Waals surface area (Å²) in [5.41, 5.74) is 5.51. The van der Waals surface area contributed by atoms with Crippen LogP contribution in [0, 0.1) is 19.8 Å². The molecule has 120 valence electrons. The molecule has 3 heteroatoms. The van der Waals surface area contributed by atoms with Gasteiger partial charge in [0.15, 0.2) is 0 Å². The van der Waals surface area contributed by atoms with Crippen molar-refractivity contribution in [2.75, 3.05) is 44.3 Å². The number of ether oxygens (including phenoxy) is 1. The molecular weight excluding hydrogens is 272 g/mol. The number of benzene rings is 1. The van der Waals surface area contributed by atoms with Crippen molar-refractivity contribution in [1.82, 2.24) is 5.32 Å². The van der Waals surface area contributed by atoms with Gasteiger partial charge >= 0.3 is 0 Å². The fraction of sp³-hybridized carbons (Fsp3) is 0.579. The summed E-state index contributed by atoms with van der Waals surface area (Å²) in [6.07, 6.45) is 7.30. The number of nitrogens with one attached hydrogen (secondary N) is 1. The van der Waals surface area contributed by atoms with Crippen LogP contribution in [0.25, 0.3) is 6.08 Å². The van der Waals surface area contributed by atoms with Gasteiger partial charge in [-0.2, -0.15) is 0 Å². The molecule has 3 rings (SSSR count). The Kier molecular flexibility index (Phi) is 5.16. The van der Waals surface area contributed by atoms with E-state index in [1.165, 1.54) is 35.2 Å². The molecule has 0 saturated carbocycles. The summed E-state index contributed by atoms with van der Waals surface area (Å²) < 4.78 is 5.45. The van der Waals surface area contributed by atoms with E-state index in [9.17, 15) is 0 Å². The minimum atomic E-state index is 0.735. The summed E-state index contributed by atoms with van der Waals surface area (Å²) in [4.78, 5) is 2.43. The normalized spacial score (nSPS) is 20.7. The molecule has 0 amide bonds. The molecule has 2 aliphatic rings. The van der Waals surface area contributed by atoms with Crippen molar-refractivity contribution < 1.29 is 4.74 Å². The molecule has 3 nitrogen and oxygen atoms in total. The highest BCUT2D eigenvalue weighted by Gasteiger charge is 2.14. The first-order chi connectivity index (χ1) is 10.7. The van der Waals surface area contributed by atoms with Crippen molar-refractivity contribution >= 4 is 11.8 Å². The number of hydrogen-bond donors (Lipinski definition) is 1. The van der Waals surface area contributed by atoms with E-state index in [-0.39, 0.29) is 0 Å². The summed E-state index contributed by atoms with van der Waals surface area (Å²) in [6, 6.07) is 4.67. The van der Waals surface area contributed by atoms with Gasteiger partial charge in [-0.3, -0.25) is 0 Å². The van der Waals surface area contributed by atoms with E-state index >= 15 is 0 Å². The van der Waals surface area contributed by atoms with Gasteiger partial charge in [0.1, 0.15) is 0 Å². The fourth-order valence-corrected chi connectivity index (χ4v) is 3.49. The molecule has 0 radical (unpaired) electrons. The number of aryl methyl sites for hydroxylation is 2. The molecule has 2 heterocycles. The van der Waals surface area contributed by atoms with Crippen LogP contribution in [0.4, 0.5) is 5.69 Å². The molecule has 0 spiro atoms. The van der Waals surface area contributed by atoms with E-state index < -0.39 is 0 Å². The Labute approximate surface area is 134 Å². The minimum absolute atomic E-state index is 0.735. The van der Waals surface area contributed by atoms with E-state index in [0.717, 1.165) is 45.3 Å². The van der Waals surface area contributed by atoms with Crippen LogP contribution in [-0.4, -0.2) is 39.4 Å². The molecule has 1 aromatic carbocycles. The second kappa shape index (κ2) is 7.30. The number of allylic oxidation sites excluding steroid dienone is 1. The van der Waals surface area contributed by atoms with E-state index in [1.54, 1.807) is 0 Å². The molecule has 0 atom stereocenters. The van der Waals surface area contributed by atoms with Gasteiger partial charge in [-0.1, -0.05) is 12.2 Å². The number of hydrogen-bond acceptors (Lipinski definition) is 3. The minimum Gasteiger partial charge on any atom is -0.378 e. The molecule has 0 aliphatic carbocycles. The number of morpholine rings is 1. The summed E-state index contributed by atoms with van der Waals surface area (Å²) >= 11 is 0. The van der Waals surface area contributed by atoms with Crippen LogP contribution in [0.2, 0.25) is 0 Å².